The maximum Gasteiger partial charge on any atom is 0.340 e. The van der Waals surface area contributed by atoms with Crippen molar-refractivity contribution in [2.45, 2.75) is 4.90 Å². The van der Waals surface area contributed by atoms with Gasteiger partial charge in [0.1, 0.15) is 10.6 Å². The second-order valence-corrected chi connectivity index (χ2v) is 9.53. The summed E-state index contributed by atoms with van der Waals surface area (Å²) in [5, 5.41) is 2.75. The van der Waals surface area contributed by atoms with Crippen molar-refractivity contribution in [3.8, 4) is 17.2 Å². The van der Waals surface area contributed by atoms with Gasteiger partial charge in [0.15, 0.2) is 18.1 Å². The summed E-state index contributed by atoms with van der Waals surface area (Å²) >= 11 is 6.04. The molecule has 35 heavy (non-hydrogen) atoms. The molecule has 0 aromatic heterocycles. The number of carbonyl (C=O) groups excluding carboxylic acids is 2. The molecule has 190 valence electrons. The van der Waals surface area contributed by atoms with E-state index in [2.05, 4.69) is 5.32 Å². The van der Waals surface area contributed by atoms with Crippen molar-refractivity contribution in [3.05, 3.63) is 40.9 Å². The second kappa shape index (κ2) is 11.6. The molecule has 1 aliphatic heterocycles. The van der Waals surface area contributed by atoms with Crippen LogP contribution >= 0.6 is 11.6 Å². The molecule has 0 unspecified atom stereocenters. The smallest absolute Gasteiger partial charge is 0.340 e. The van der Waals surface area contributed by atoms with E-state index in [0.717, 1.165) is 0 Å². The Balaban J connectivity index is 1.82. The fourth-order valence-corrected chi connectivity index (χ4v) is 5.12. The minimum absolute atomic E-state index is 0.0283. The molecule has 1 N–H and O–H groups in total. The normalized spacial score (nSPS) is 14.2. The van der Waals surface area contributed by atoms with Crippen LogP contribution in [0.2, 0.25) is 5.02 Å². The molecule has 0 saturated carbocycles. The van der Waals surface area contributed by atoms with Gasteiger partial charge in [-0.1, -0.05) is 11.6 Å². The molecule has 0 atom stereocenters. The van der Waals surface area contributed by atoms with Gasteiger partial charge in [-0.25, -0.2) is 13.2 Å². The number of carbonyl (C=O) groups is 2. The fourth-order valence-electron chi connectivity index (χ4n) is 3.32. The first-order valence-corrected chi connectivity index (χ1v) is 12.2. The number of nitrogens with one attached hydrogen (secondary N) is 1. The average Bonchev–Trinajstić information content (AvgIpc) is 2.87. The minimum atomic E-state index is -3.94. The molecule has 2 aromatic rings. The van der Waals surface area contributed by atoms with Crippen molar-refractivity contribution in [1.82, 2.24) is 4.31 Å². The van der Waals surface area contributed by atoms with E-state index in [1.54, 1.807) is 0 Å². The molecule has 1 saturated heterocycles. The van der Waals surface area contributed by atoms with Gasteiger partial charge < -0.3 is 29.0 Å². The van der Waals surface area contributed by atoms with E-state index in [0.29, 0.717) is 0 Å². The zero-order valence-corrected chi connectivity index (χ0v) is 20.9. The Kier molecular flexibility index (Phi) is 8.78. The van der Waals surface area contributed by atoms with Gasteiger partial charge in [-0.15, -0.1) is 0 Å². The molecule has 1 fully saturated rings. The number of nitrogens with zero attached hydrogens (tertiary/aromatic N) is 1. The third-order valence-electron chi connectivity index (χ3n) is 5.06. The molecule has 0 spiro atoms. The first-order valence-electron chi connectivity index (χ1n) is 10.4. The molecule has 1 aliphatic rings. The summed E-state index contributed by atoms with van der Waals surface area (Å²) in [5.41, 5.74) is 0.126. The van der Waals surface area contributed by atoms with Gasteiger partial charge in [-0.3, -0.25) is 4.79 Å². The van der Waals surface area contributed by atoms with Crippen LogP contribution < -0.4 is 19.5 Å². The highest BCUT2D eigenvalue weighted by Gasteiger charge is 2.30. The van der Waals surface area contributed by atoms with Gasteiger partial charge in [0.05, 0.1) is 45.8 Å². The van der Waals surface area contributed by atoms with Gasteiger partial charge in [-0.2, -0.15) is 4.31 Å². The number of esters is 1. The summed E-state index contributed by atoms with van der Waals surface area (Å²) in [4.78, 5) is 24.7. The fraction of sp³-hybridized carbons (Fsp3) is 0.364. The number of ether oxygens (including phenoxy) is 5. The highest BCUT2D eigenvalue weighted by molar-refractivity contribution is 7.89. The van der Waals surface area contributed by atoms with Crippen molar-refractivity contribution in [2.75, 3.05) is 59.6 Å². The highest BCUT2D eigenvalue weighted by Crippen LogP contribution is 2.34. The van der Waals surface area contributed by atoms with Crippen molar-refractivity contribution in [1.29, 1.82) is 0 Å². The summed E-state index contributed by atoms with van der Waals surface area (Å²) in [6.07, 6.45) is 0. The van der Waals surface area contributed by atoms with Crippen molar-refractivity contribution in [3.63, 3.8) is 0 Å². The topological polar surface area (TPSA) is 130 Å². The van der Waals surface area contributed by atoms with Gasteiger partial charge in [0, 0.05) is 30.2 Å². The molecule has 1 heterocycles. The quantitative estimate of drug-likeness (QED) is 0.487. The van der Waals surface area contributed by atoms with E-state index in [1.807, 2.05) is 0 Å². The van der Waals surface area contributed by atoms with E-state index in [1.165, 1.54) is 56.0 Å². The standard InChI is InChI=1S/C22H25ClN2O9S/c1-30-18-11-15(22(27)32-3)16(12-19(18)31-2)24-21(26)13-34-17-5-4-14(23)10-20(17)35(28,29)25-6-8-33-9-7-25/h4-5,10-12H,6-9,13H2,1-3H3,(H,24,26). The van der Waals surface area contributed by atoms with E-state index in [9.17, 15) is 18.0 Å². The van der Waals surface area contributed by atoms with Crippen LogP contribution in [0.3, 0.4) is 0 Å². The number of halogens is 1. The van der Waals surface area contributed by atoms with Gasteiger partial charge in [0.2, 0.25) is 10.0 Å². The number of morpholine rings is 1. The Bertz CT molecular complexity index is 1200. The summed E-state index contributed by atoms with van der Waals surface area (Å²) < 4.78 is 53.5. The summed E-state index contributed by atoms with van der Waals surface area (Å²) in [7, 11) is 0.0662. The number of amides is 1. The van der Waals surface area contributed by atoms with Crippen LogP contribution in [0.25, 0.3) is 0 Å². The minimum Gasteiger partial charge on any atom is -0.493 e. The lowest BCUT2D eigenvalue weighted by atomic mass is 10.1. The maximum atomic E-state index is 13.1. The first-order chi connectivity index (χ1) is 16.7. The van der Waals surface area contributed by atoms with Gasteiger partial charge >= 0.3 is 5.97 Å². The number of benzene rings is 2. The Morgan fingerprint density at radius 1 is 1.03 bits per heavy atom. The van der Waals surface area contributed by atoms with Crippen LogP contribution in [-0.4, -0.2) is 78.8 Å². The third kappa shape index (κ3) is 6.14. The Morgan fingerprint density at radius 3 is 2.31 bits per heavy atom. The predicted octanol–water partition coefficient (Wildman–Crippen LogP) is 2.18. The molecule has 1 amide bonds. The van der Waals surface area contributed by atoms with Crippen molar-refractivity contribution >= 4 is 39.2 Å². The van der Waals surface area contributed by atoms with E-state index in [-0.39, 0.29) is 64.7 Å². The number of sulfonamides is 1. The lowest BCUT2D eigenvalue weighted by Crippen LogP contribution is -2.40. The van der Waals surface area contributed by atoms with Crippen LogP contribution in [0.4, 0.5) is 5.69 Å². The predicted molar refractivity (Wildman–Crippen MR) is 126 cm³/mol. The van der Waals surface area contributed by atoms with E-state index >= 15 is 0 Å². The summed E-state index contributed by atoms with van der Waals surface area (Å²) in [6.45, 7) is 0.357. The zero-order chi connectivity index (χ0) is 25.6. The van der Waals surface area contributed by atoms with Crippen molar-refractivity contribution in [2.24, 2.45) is 0 Å². The Hall–Kier alpha value is -3.06. The Morgan fingerprint density at radius 2 is 1.69 bits per heavy atom. The lowest BCUT2D eigenvalue weighted by Gasteiger charge is -2.26. The number of rotatable bonds is 9. The van der Waals surface area contributed by atoms with Gasteiger partial charge in [0.25, 0.3) is 5.91 Å². The monoisotopic (exact) mass is 528 g/mol. The summed E-state index contributed by atoms with van der Waals surface area (Å²) in [5.74, 6) is -0.878. The van der Waals surface area contributed by atoms with E-state index < -0.39 is 28.5 Å². The molecule has 3 rings (SSSR count). The molecule has 0 aliphatic carbocycles. The maximum absolute atomic E-state index is 13.1. The van der Waals surface area contributed by atoms with Crippen LogP contribution in [0.1, 0.15) is 10.4 Å². The number of methoxy groups -OCH3 is 3. The molecular formula is C22H25ClN2O9S. The second-order valence-electron chi connectivity index (χ2n) is 7.19. The largest absolute Gasteiger partial charge is 0.493 e. The van der Waals surface area contributed by atoms with Crippen LogP contribution in [0, 0.1) is 0 Å². The van der Waals surface area contributed by atoms with Crippen LogP contribution in [0.5, 0.6) is 17.2 Å². The number of anilines is 1. The molecule has 11 nitrogen and oxygen atoms in total. The van der Waals surface area contributed by atoms with E-state index in [4.69, 9.17) is 35.3 Å². The SMILES string of the molecule is COC(=O)c1cc(OC)c(OC)cc1NC(=O)COc1ccc(Cl)cc1S(=O)(=O)N1CCOCC1. The molecular weight excluding hydrogens is 504 g/mol. The molecule has 0 bridgehead atoms. The number of hydrogen-bond donors (Lipinski definition) is 1. The summed E-state index contributed by atoms with van der Waals surface area (Å²) in [6, 6.07) is 6.87. The average molecular weight is 529 g/mol. The highest BCUT2D eigenvalue weighted by atomic mass is 35.5. The molecule has 13 heteroatoms. The zero-order valence-electron chi connectivity index (χ0n) is 19.3. The van der Waals surface area contributed by atoms with Crippen LogP contribution in [-0.2, 0) is 24.3 Å². The van der Waals surface area contributed by atoms with Crippen molar-refractivity contribution < 1.29 is 41.7 Å². The van der Waals surface area contributed by atoms with Crippen LogP contribution in [0.15, 0.2) is 35.2 Å². The van der Waals surface area contributed by atoms with Gasteiger partial charge in [-0.05, 0) is 18.2 Å². The molecule has 2 aromatic carbocycles. The lowest BCUT2D eigenvalue weighted by molar-refractivity contribution is -0.118. The first kappa shape index (κ1) is 26.5. The Labute approximate surface area is 207 Å². The molecule has 0 radical (unpaired) electrons. The number of hydrogen-bond acceptors (Lipinski definition) is 9. The third-order valence-corrected chi connectivity index (χ3v) is 7.21.